The Morgan fingerprint density at radius 2 is 1.79 bits per heavy atom. The third kappa shape index (κ3) is 5.01. The molecule has 2 aromatic carbocycles. The van der Waals surface area contributed by atoms with Crippen LogP contribution in [0.15, 0.2) is 48.5 Å². The Bertz CT molecular complexity index is 916. The van der Waals surface area contributed by atoms with Crippen molar-refractivity contribution in [2.24, 2.45) is 0 Å². The van der Waals surface area contributed by atoms with Crippen molar-refractivity contribution in [3.8, 4) is 5.75 Å². The smallest absolute Gasteiger partial charge is 0.244 e. The maximum Gasteiger partial charge on any atom is 0.244 e. The van der Waals surface area contributed by atoms with Crippen molar-refractivity contribution in [1.29, 1.82) is 0 Å². The highest BCUT2D eigenvalue weighted by Crippen LogP contribution is 2.25. The van der Waals surface area contributed by atoms with Gasteiger partial charge in [-0.1, -0.05) is 31.2 Å². The van der Waals surface area contributed by atoms with E-state index >= 15 is 0 Å². The summed E-state index contributed by atoms with van der Waals surface area (Å²) in [5, 5.41) is 2.85. The Labute approximate surface area is 165 Å². The van der Waals surface area contributed by atoms with E-state index < -0.39 is 27.8 Å². The van der Waals surface area contributed by atoms with E-state index in [0.717, 1.165) is 22.2 Å². The molecule has 0 unspecified atom stereocenters. The Kier molecular flexibility index (Phi) is 7.01. The summed E-state index contributed by atoms with van der Waals surface area (Å²) in [5.41, 5.74) is 0.700. The van der Waals surface area contributed by atoms with Crippen LogP contribution in [0.25, 0.3) is 0 Å². The summed E-state index contributed by atoms with van der Waals surface area (Å²) in [4.78, 5) is 12.8. The van der Waals surface area contributed by atoms with Crippen LogP contribution in [0.2, 0.25) is 0 Å². The van der Waals surface area contributed by atoms with Gasteiger partial charge in [-0.15, -0.1) is 0 Å². The maximum absolute atomic E-state index is 14.2. The lowest BCUT2D eigenvalue weighted by Gasteiger charge is -2.30. The first kappa shape index (κ1) is 21.7. The standard InChI is InChI=1S/C20H25FN2O4S/c1-5-18(15-10-12-16(27-3)13-11-15)22-20(24)14(2)23(28(4,25)26)19-9-7-6-8-17(19)21/h6-14,18H,5H2,1-4H3,(H,22,24)/t14-,18+/m1/s1. The quantitative estimate of drug-likeness (QED) is 0.728. The monoisotopic (exact) mass is 408 g/mol. The van der Waals surface area contributed by atoms with Crippen molar-refractivity contribution < 1.29 is 22.3 Å². The van der Waals surface area contributed by atoms with Gasteiger partial charge >= 0.3 is 0 Å². The van der Waals surface area contributed by atoms with Crippen LogP contribution >= 0.6 is 0 Å². The maximum atomic E-state index is 14.2. The molecule has 0 aliphatic carbocycles. The summed E-state index contributed by atoms with van der Waals surface area (Å²) in [5.74, 6) is -0.535. The van der Waals surface area contributed by atoms with Crippen molar-refractivity contribution in [3.05, 3.63) is 59.9 Å². The Hall–Kier alpha value is -2.61. The second-order valence-corrected chi connectivity index (χ2v) is 8.29. The highest BCUT2D eigenvalue weighted by Gasteiger charge is 2.31. The van der Waals surface area contributed by atoms with Crippen LogP contribution in [0, 0.1) is 5.82 Å². The molecule has 0 heterocycles. The van der Waals surface area contributed by atoms with Crippen molar-refractivity contribution >= 4 is 21.6 Å². The first-order valence-corrected chi connectivity index (χ1v) is 10.7. The fraction of sp³-hybridized carbons (Fsp3) is 0.350. The van der Waals surface area contributed by atoms with E-state index in [4.69, 9.17) is 4.74 Å². The number of nitrogens with zero attached hydrogens (tertiary/aromatic N) is 1. The number of rotatable bonds is 8. The van der Waals surface area contributed by atoms with E-state index in [9.17, 15) is 17.6 Å². The largest absolute Gasteiger partial charge is 0.497 e. The molecule has 2 aromatic rings. The molecule has 8 heteroatoms. The number of sulfonamides is 1. The zero-order chi connectivity index (χ0) is 20.9. The number of para-hydroxylation sites is 1. The number of nitrogens with one attached hydrogen (secondary N) is 1. The summed E-state index contributed by atoms with van der Waals surface area (Å²) < 4.78 is 44.7. The van der Waals surface area contributed by atoms with Crippen molar-refractivity contribution in [2.75, 3.05) is 17.7 Å². The zero-order valence-corrected chi connectivity index (χ0v) is 17.2. The molecule has 152 valence electrons. The first-order valence-electron chi connectivity index (χ1n) is 8.87. The fourth-order valence-corrected chi connectivity index (χ4v) is 4.14. The highest BCUT2D eigenvalue weighted by atomic mass is 32.2. The summed E-state index contributed by atoms with van der Waals surface area (Å²) >= 11 is 0. The molecule has 0 spiro atoms. The SMILES string of the molecule is CC[C@H](NC(=O)[C@@H](C)N(c1ccccc1F)S(C)(=O)=O)c1ccc(OC)cc1. The molecule has 0 fully saturated rings. The number of carbonyl (C=O) groups excluding carboxylic acids is 1. The zero-order valence-electron chi connectivity index (χ0n) is 16.3. The molecule has 0 bridgehead atoms. The normalized spacial score (nSPS) is 13.5. The Morgan fingerprint density at radius 3 is 2.29 bits per heavy atom. The highest BCUT2D eigenvalue weighted by molar-refractivity contribution is 7.92. The topological polar surface area (TPSA) is 75.7 Å². The van der Waals surface area contributed by atoms with Crippen molar-refractivity contribution in [3.63, 3.8) is 0 Å². The van der Waals surface area contributed by atoms with Gasteiger partial charge in [-0.3, -0.25) is 9.10 Å². The van der Waals surface area contributed by atoms with Crippen LogP contribution in [0.1, 0.15) is 31.9 Å². The molecule has 0 aliphatic rings. The third-order valence-corrected chi connectivity index (χ3v) is 5.65. The lowest BCUT2D eigenvalue weighted by Crippen LogP contribution is -2.48. The van der Waals surface area contributed by atoms with Gasteiger partial charge in [0.25, 0.3) is 0 Å². The number of methoxy groups -OCH3 is 1. The number of halogens is 1. The molecular weight excluding hydrogens is 383 g/mol. The number of anilines is 1. The van der Waals surface area contributed by atoms with E-state index in [1.165, 1.54) is 25.1 Å². The van der Waals surface area contributed by atoms with Gasteiger partial charge in [0.1, 0.15) is 17.6 Å². The predicted molar refractivity (Wildman–Crippen MR) is 107 cm³/mol. The summed E-state index contributed by atoms with van der Waals surface area (Å²) in [6, 6.07) is 11.3. The van der Waals surface area contributed by atoms with Gasteiger partial charge in [-0.2, -0.15) is 0 Å². The van der Waals surface area contributed by atoms with Gasteiger partial charge in [-0.25, -0.2) is 12.8 Å². The minimum atomic E-state index is -3.88. The molecule has 2 rings (SSSR count). The van der Waals surface area contributed by atoms with Gasteiger partial charge in [0, 0.05) is 0 Å². The van der Waals surface area contributed by atoms with E-state index in [1.807, 2.05) is 19.1 Å². The van der Waals surface area contributed by atoms with E-state index in [-0.39, 0.29) is 11.7 Å². The average molecular weight is 408 g/mol. The van der Waals surface area contributed by atoms with Crippen LogP contribution in [-0.4, -0.2) is 33.7 Å². The van der Waals surface area contributed by atoms with E-state index in [0.29, 0.717) is 12.2 Å². The fourth-order valence-electron chi connectivity index (χ4n) is 2.96. The van der Waals surface area contributed by atoms with Gasteiger partial charge in [0.05, 0.1) is 25.1 Å². The molecule has 0 radical (unpaired) electrons. The summed E-state index contributed by atoms with van der Waals surface area (Å²) in [6.45, 7) is 3.34. The number of ether oxygens (including phenoxy) is 1. The molecule has 28 heavy (non-hydrogen) atoms. The molecule has 0 saturated carbocycles. The first-order chi connectivity index (χ1) is 13.2. The Balaban J connectivity index is 2.27. The second kappa shape index (κ2) is 9.05. The molecule has 0 aromatic heterocycles. The molecular formula is C20H25FN2O4S. The third-order valence-electron chi connectivity index (χ3n) is 4.42. The van der Waals surface area contributed by atoms with E-state index in [2.05, 4.69) is 5.32 Å². The number of hydrogen-bond acceptors (Lipinski definition) is 4. The number of benzene rings is 2. The lowest BCUT2D eigenvalue weighted by molar-refractivity contribution is -0.122. The molecule has 2 atom stereocenters. The molecule has 1 amide bonds. The minimum absolute atomic E-state index is 0.162. The summed E-state index contributed by atoms with van der Waals surface area (Å²) in [6.07, 6.45) is 1.55. The van der Waals surface area contributed by atoms with Gasteiger partial charge in [0.2, 0.25) is 15.9 Å². The molecule has 0 aliphatic heterocycles. The number of amides is 1. The van der Waals surface area contributed by atoms with Crippen molar-refractivity contribution in [2.45, 2.75) is 32.4 Å². The van der Waals surface area contributed by atoms with Gasteiger partial charge < -0.3 is 10.1 Å². The Morgan fingerprint density at radius 1 is 1.18 bits per heavy atom. The second-order valence-electron chi connectivity index (χ2n) is 6.43. The van der Waals surface area contributed by atoms with E-state index in [1.54, 1.807) is 19.2 Å². The summed E-state index contributed by atoms with van der Waals surface area (Å²) in [7, 11) is -2.32. The van der Waals surface area contributed by atoms with Gasteiger partial charge in [0.15, 0.2) is 0 Å². The minimum Gasteiger partial charge on any atom is -0.497 e. The molecule has 6 nitrogen and oxygen atoms in total. The van der Waals surface area contributed by atoms with Gasteiger partial charge in [-0.05, 0) is 43.2 Å². The van der Waals surface area contributed by atoms with Crippen LogP contribution in [0.5, 0.6) is 5.75 Å². The number of hydrogen-bond donors (Lipinski definition) is 1. The average Bonchev–Trinajstić information content (AvgIpc) is 2.66. The molecule has 0 saturated heterocycles. The van der Waals surface area contributed by atoms with Crippen LogP contribution in [-0.2, 0) is 14.8 Å². The number of carbonyl (C=O) groups is 1. The molecule has 1 N–H and O–H groups in total. The van der Waals surface area contributed by atoms with Crippen LogP contribution in [0.3, 0.4) is 0 Å². The lowest BCUT2D eigenvalue weighted by atomic mass is 10.0. The van der Waals surface area contributed by atoms with Crippen molar-refractivity contribution in [1.82, 2.24) is 5.32 Å². The van der Waals surface area contributed by atoms with Crippen LogP contribution in [0.4, 0.5) is 10.1 Å². The predicted octanol–water partition coefficient (Wildman–Crippen LogP) is 3.26. The van der Waals surface area contributed by atoms with Crippen LogP contribution < -0.4 is 14.4 Å².